The molecule has 0 unspecified atom stereocenters. The quantitative estimate of drug-likeness (QED) is 0.219. The van der Waals surface area contributed by atoms with Gasteiger partial charge >= 0.3 is 0 Å². The van der Waals surface area contributed by atoms with Crippen molar-refractivity contribution in [1.29, 1.82) is 0 Å². The van der Waals surface area contributed by atoms with Crippen molar-refractivity contribution in [3.05, 3.63) is 84.7 Å². The van der Waals surface area contributed by atoms with E-state index in [1.807, 2.05) is 13.1 Å². The molecule has 3 aromatic rings. The zero-order chi connectivity index (χ0) is 18.8. The van der Waals surface area contributed by atoms with E-state index in [4.69, 9.17) is 0 Å². The molecule has 0 saturated carbocycles. The van der Waals surface area contributed by atoms with Gasteiger partial charge in [0.15, 0.2) is 0 Å². The number of halogens is 1. The van der Waals surface area contributed by atoms with Crippen molar-refractivity contribution in [2.24, 2.45) is 4.99 Å². The van der Waals surface area contributed by atoms with Crippen molar-refractivity contribution < 1.29 is 4.92 Å². The first-order valence-corrected chi connectivity index (χ1v) is 9.18. The van der Waals surface area contributed by atoms with Crippen molar-refractivity contribution in [3.8, 4) is 5.69 Å². The summed E-state index contributed by atoms with van der Waals surface area (Å²) < 4.78 is 3.39. The second-order valence-electron chi connectivity index (χ2n) is 6.12. The lowest BCUT2D eigenvalue weighted by molar-refractivity contribution is -0.384. The number of nitro benzene ring substituents is 1. The molecule has 0 atom stereocenters. The summed E-state index contributed by atoms with van der Waals surface area (Å²) >= 11 is 2.29. The Morgan fingerprint density at radius 3 is 2.38 bits per heavy atom. The van der Waals surface area contributed by atoms with Crippen LogP contribution in [0.15, 0.2) is 53.5 Å². The molecule has 0 bridgehead atoms. The topological polar surface area (TPSA) is 60.4 Å². The molecule has 0 N–H and O–H groups in total. The fourth-order valence-corrected chi connectivity index (χ4v) is 3.30. The molecule has 2 aromatic carbocycles. The molecule has 0 fully saturated rings. The van der Waals surface area contributed by atoms with Gasteiger partial charge in [-0.05, 0) is 85.3 Å². The predicted molar refractivity (Wildman–Crippen MR) is 113 cm³/mol. The Kier molecular flexibility index (Phi) is 5.22. The van der Waals surface area contributed by atoms with Crippen LogP contribution in [0.5, 0.6) is 0 Å². The predicted octanol–water partition coefficient (Wildman–Crippen LogP) is 5.67. The highest BCUT2D eigenvalue weighted by Gasteiger charge is 2.10. The lowest BCUT2D eigenvalue weighted by atomic mass is 10.2. The Bertz CT molecular complexity index is 1000. The van der Waals surface area contributed by atoms with Gasteiger partial charge in [-0.2, -0.15) is 0 Å². The van der Waals surface area contributed by atoms with Crippen molar-refractivity contribution >= 4 is 40.2 Å². The lowest BCUT2D eigenvalue weighted by Gasteiger charge is -2.09. The largest absolute Gasteiger partial charge is 0.318 e. The Morgan fingerprint density at radius 1 is 1.08 bits per heavy atom. The third kappa shape index (κ3) is 3.70. The van der Waals surface area contributed by atoms with E-state index in [9.17, 15) is 10.1 Å². The van der Waals surface area contributed by atoms with E-state index in [1.165, 1.54) is 9.64 Å². The second kappa shape index (κ2) is 7.41. The number of nitro groups is 1. The maximum atomic E-state index is 10.8. The molecule has 0 saturated heterocycles. The van der Waals surface area contributed by atoms with E-state index in [2.05, 4.69) is 76.3 Å². The molecule has 0 aliphatic heterocycles. The molecule has 0 aliphatic carbocycles. The first-order valence-electron chi connectivity index (χ1n) is 8.11. The summed E-state index contributed by atoms with van der Waals surface area (Å²) in [6, 6.07) is 15.2. The normalized spacial score (nSPS) is 11.2. The summed E-state index contributed by atoms with van der Waals surface area (Å²) in [7, 11) is 0. The van der Waals surface area contributed by atoms with Crippen molar-refractivity contribution in [3.63, 3.8) is 0 Å². The Morgan fingerprint density at radius 2 is 1.77 bits per heavy atom. The van der Waals surface area contributed by atoms with Crippen LogP contribution < -0.4 is 0 Å². The van der Waals surface area contributed by atoms with Gasteiger partial charge in [0.25, 0.3) is 5.69 Å². The first kappa shape index (κ1) is 18.3. The minimum atomic E-state index is -0.394. The highest BCUT2D eigenvalue weighted by atomic mass is 127. The van der Waals surface area contributed by atoms with Crippen molar-refractivity contribution in [2.75, 3.05) is 0 Å². The molecular formula is C20H18IN3O2. The summed E-state index contributed by atoms with van der Waals surface area (Å²) in [6.45, 7) is 5.96. The summed E-state index contributed by atoms with van der Waals surface area (Å²) in [5, 5.41) is 10.8. The van der Waals surface area contributed by atoms with Gasteiger partial charge in [0, 0.05) is 44.6 Å². The number of benzene rings is 2. The average molecular weight is 459 g/mol. The fraction of sp³-hybridized carbons (Fsp3) is 0.150. The van der Waals surface area contributed by atoms with Crippen LogP contribution in [0.25, 0.3) is 5.69 Å². The number of hydrogen-bond acceptors (Lipinski definition) is 3. The first-order chi connectivity index (χ1) is 12.4. The molecule has 0 spiro atoms. The average Bonchev–Trinajstić information content (AvgIpc) is 2.88. The molecule has 1 aromatic heterocycles. The fourth-order valence-electron chi connectivity index (χ4n) is 2.94. The molecule has 1 heterocycles. The molecule has 5 nitrogen and oxygen atoms in total. The van der Waals surface area contributed by atoms with E-state index in [0.29, 0.717) is 0 Å². The van der Waals surface area contributed by atoms with E-state index in [1.54, 1.807) is 12.1 Å². The van der Waals surface area contributed by atoms with Gasteiger partial charge in [-0.15, -0.1) is 0 Å². The minimum absolute atomic E-state index is 0.0818. The van der Waals surface area contributed by atoms with Gasteiger partial charge in [-0.25, -0.2) is 0 Å². The highest BCUT2D eigenvalue weighted by Crippen LogP contribution is 2.25. The standard InChI is InChI=1S/C20H18IN3O2/c1-13-10-19(24(25)26)8-9-20(13)22-12-16-11-14(2)23(15(16)3)18-6-4-17(21)5-7-18/h4-12H,1-3H3. The Hall–Kier alpha value is -2.48. The Balaban J connectivity index is 1.94. The monoisotopic (exact) mass is 459 g/mol. The van der Waals surface area contributed by atoms with Gasteiger partial charge in [-0.1, -0.05) is 0 Å². The zero-order valence-electron chi connectivity index (χ0n) is 14.7. The van der Waals surface area contributed by atoms with Crippen LogP contribution in [0.2, 0.25) is 0 Å². The number of non-ortho nitro benzene ring substituents is 1. The van der Waals surface area contributed by atoms with E-state index in [0.717, 1.165) is 33.9 Å². The van der Waals surface area contributed by atoms with Crippen LogP contribution in [0, 0.1) is 34.5 Å². The number of aliphatic imine (C=N–C) groups is 1. The van der Waals surface area contributed by atoms with Gasteiger partial charge < -0.3 is 4.57 Å². The lowest BCUT2D eigenvalue weighted by Crippen LogP contribution is -1.99. The summed E-state index contributed by atoms with van der Waals surface area (Å²) in [4.78, 5) is 15.0. The molecule has 0 radical (unpaired) electrons. The number of aryl methyl sites for hydroxylation is 2. The summed E-state index contributed by atoms with van der Waals surface area (Å²) in [6.07, 6.45) is 1.82. The molecule has 6 heteroatoms. The maximum Gasteiger partial charge on any atom is 0.269 e. The minimum Gasteiger partial charge on any atom is -0.318 e. The van der Waals surface area contributed by atoms with Crippen molar-refractivity contribution in [2.45, 2.75) is 20.8 Å². The van der Waals surface area contributed by atoms with E-state index < -0.39 is 4.92 Å². The molecule has 0 amide bonds. The van der Waals surface area contributed by atoms with Crippen LogP contribution in [0.3, 0.4) is 0 Å². The smallest absolute Gasteiger partial charge is 0.269 e. The zero-order valence-corrected chi connectivity index (χ0v) is 16.9. The molecule has 26 heavy (non-hydrogen) atoms. The molecular weight excluding hydrogens is 441 g/mol. The Labute approximate surface area is 165 Å². The number of rotatable bonds is 4. The van der Waals surface area contributed by atoms with E-state index >= 15 is 0 Å². The van der Waals surface area contributed by atoms with Crippen molar-refractivity contribution in [1.82, 2.24) is 4.57 Å². The molecule has 132 valence electrons. The van der Waals surface area contributed by atoms with E-state index in [-0.39, 0.29) is 5.69 Å². The van der Waals surface area contributed by atoms with Crippen LogP contribution in [-0.2, 0) is 0 Å². The van der Waals surface area contributed by atoms with Gasteiger partial charge in [0.1, 0.15) is 0 Å². The molecule has 3 rings (SSSR count). The van der Waals surface area contributed by atoms with Crippen LogP contribution >= 0.6 is 22.6 Å². The molecule has 0 aliphatic rings. The highest BCUT2D eigenvalue weighted by molar-refractivity contribution is 14.1. The number of hydrogen-bond donors (Lipinski definition) is 0. The van der Waals surface area contributed by atoms with Gasteiger partial charge in [-0.3, -0.25) is 15.1 Å². The van der Waals surface area contributed by atoms with Gasteiger partial charge in [0.2, 0.25) is 0 Å². The van der Waals surface area contributed by atoms with Crippen LogP contribution in [0.4, 0.5) is 11.4 Å². The third-order valence-electron chi connectivity index (χ3n) is 4.29. The number of aromatic nitrogens is 1. The number of nitrogens with zero attached hydrogens (tertiary/aromatic N) is 3. The maximum absolute atomic E-state index is 10.8. The van der Waals surface area contributed by atoms with Crippen LogP contribution in [0.1, 0.15) is 22.5 Å². The second-order valence-corrected chi connectivity index (χ2v) is 7.37. The summed E-state index contributed by atoms with van der Waals surface area (Å²) in [5.74, 6) is 0. The van der Waals surface area contributed by atoms with Crippen LogP contribution in [-0.4, -0.2) is 15.7 Å². The third-order valence-corrected chi connectivity index (χ3v) is 5.01. The SMILES string of the molecule is Cc1cc([N+](=O)[O-])ccc1N=Cc1cc(C)n(-c2ccc(I)cc2)c1C. The van der Waals surface area contributed by atoms with Gasteiger partial charge in [0.05, 0.1) is 10.6 Å². The summed E-state index contributed by atoms with van der Waals surface area (Å²) in [5.41, 5.74) is 5.97.